The molecule has 2 aromatic rings. The highest BCUT2D eigenvalue weighted by Crippen LogP contribution is 2.18. The summed E-state index contributed by atoms with van der Waals surface area (Å²) in [7, 11) is 0. The van der Waals surface area contributed by atoms with Crippen LogP contribution >= 0.6 is 11.6 Å². The second kappa shape index (κ2) is 8.36. The monoisotopic (exact) mass is 342 g/mol. The van der Waals surface area contributed by atoms with Crippen molar-refractivity contribution in [2.24, 2.45) is 4.99 Å². The molecule has 0 aliphatic carbocycles. The summed E-state index contributed by atoms with van der Waals surface area (Å²) in [5.41, 5.74) is 8.86. The molecule has 0 radical (unpaired) electrons. The number of ketones is 1. The number of hydrogen-bond donors (Lipinski definition) is 1. The summed E-state index contributed by atoms with van der Waals surface area (Å²) in [6, 6.07) is 3.48. The van der Waals surface area contributed by atoms with Crippen molar-refractivity contribution in [1.29, 1.82) is 0 Å². The molecule has 2 N–H and O–H groups in total. The first-order valence-corrected chi connectivity index (χ1v) is 7.99. The van der Waals surface area contributed by atoms with Crippen molar-refractivity contribution in [3.63, 3.8) is 0 Å². The van der Waals surface area contributed by atoms with Gasteiger partial charge in [-0.15, -0.1) is 0 Å². The Bertz CT molecular complexity index is 787. The Morgan fingerprint density at radius 3 is 2.92 bits per heavy atom. The topological polar surface area (TPSA) is 81.2 Å². The van der Waals surface area contributed by atoms with Crippen molar-refractivity contribution >= 4 is 29.3 Å². The van der Waals surface area contributed by atoms with Crippen LogP contribution in [0.3, 0.4) is 0 Å². The van der Waals surface area contributed by atoms with Gasteiger partial charge in [-0.05, 0) is 30.2 Å². The van der Waals surface area contributed by atoms with Gasteiger partial charge in [0.1, 0.15) is 5.69 Å². The molecule has 124 valence electrons. The maximum absolute atomic E-state index is 11.8. The number of halogens is 1. The molecule has 0 aromatic carbocycles. The third-order valence-electron chi connectivity index (χ3n) is 3.40. The van der Waals surface area contributed by atoms with Crippen LogP contribution in [-0.4, -0.2) is 22.0 Å². The van der Waals surface area contributed by atoms with Gasteiger partial charge in [0, 0.05) is 29.9 Å². The molecule has 0 saturated heterocycles. The zero-order chi connectivity index (χ0) is 17.5. The third-order valence-corrected chi connectivity index (χ3v) is 3.72. The maximum atomic E-state index is 11.8. The number of pyridine rings is 2. The van der Waals surface area contributed by atoms with Gasteiger partial charge in [-0.2, -0.15) is 0 Å². The molecule has 2 aromatic heterocycles. The first kappa shape index (κ1) is 17.8. The average molecular weight is 343 g/mol. The fourth-order valence-electron chi connectivity index (χ4n) is 2.17. The number of carbonyl (C=O) groups excluding carboxylic acids is 1. The third kappa shape index (κ3) is 4.26. The molecule has 6 heteroatoms. The van der Waals surface area contributed by atoms with Crippen LogP contribution in [0.5, 0.6) is 0 Å². The number of aromatic nitrogens is 2. The smallest absolute Gasteiger partial charge is 0.204 e. The number of aryl methyl sites for hydroxylation is 1. The Balaban J connectivity index is 2.19. The number of carbonyl (C=O) groups is 1. The highest BCUT2D eigenvalue weighted by atomic mass is 35.5. The lowest BCUT2D eigenvalue weighted by Crippen LogP contribution is -2.07. The van der Waals surface area contributed by atoms with Crippen molar-refractivity contribution in [2.45, 2.75) is 26.3 Å². The minimum Gasteiger partial charge on any atom is -0.398 e. The van der Waals surface area contributed by atoms with Crippen LogP contribution in [-0.2, 0) is 13.0 Å². The molecule has 2 heterocycles. The maximum Gasteiger partial charge on any atom is 0.204 e. The van der Waals surface area contributed by atoms with E-state index < -0.39 is 0 Å². The van der Waals surface area contributed by atoms with E-state index in [0.29, 0.717) is 22.8 Å². The molecule has 24 heavy (non-hydrogen) atoms. The molecule has 0 aliphatic heterocycles. The van der Waals surface area contributed by atoms with E-state index in [1.165, 1.54) is 12.3 Å². The van der Waals surface area contributed by atoms with Crippen molar-refractivity contribution in [3.8, 4) is 0 Å². The van der Waals surface area contributed by atoms with Gasteiger partial charge in [0.2, 0.25) is 5.78 Å². The van der Waals surface area contributed by atoms with Crippen LogP contribution in [0.25, 0.3) is 0 Å². The van der Waals surface area contributed by atoms with Gasteiger partial charge in [-0.1, -0.05) is 31.5 Å². The van der Waals surface area contributed by atoms with Gasteiger partial charge in [-0.3, -0.25) is 19.8 Å². The van der Waals surface area contributed by atoms with Crippen LogP contribution in [0.2, 0.25) is 5.02 Å². The van der Waals surface area contributed by atoms with Crippen LogP contribution in [0.4, 0.5) is 5.69 Å². The molecule has 0 amide bonds. The SMILES string of the molecule is C=CC(=O)c1nccc(N)c1C=NCc1cnc(CCC)c(Cl)c1. The van der Waals surface area contributed by atoms with E-state index >= 15 is 0 Å². The number of nitrogens with zero attached hydrogens (tertiary/aromatic N) is 3. The average Bonchev–Trinajstić information content (AvgIpc) is 2.58. The van der Waals surface area contributed by atoms with E-state index in [1.807, 2.05) is 6.07 Å². The molecular weight excluding hydrogens is 324 g/mol. The molecule has 0 atom stereocenters. The van der Waals surface area contributed by atoms with Gasteiger partial charge in [0.25, 0.3) is 0 Å². The summed E-state index contributed by atoms with van der Waals surface area (Å²) < 4.78 is 0. The quantitative estimate of drug-likeness (QED) is 0.473. The van der Waals surface area contributed by atoms with E-state index in [1.54, 1.807) is 18.5 Å². The zero-order valence-electron chi connectivity index (χ0n) is 13.5. The number of aliphatic imine (C=N–C) groups is 1. The fourth-order valence-corrected chi connectivity index (χ4v) is 2.46. The summed E-state index contributed by atoms with van der Waals surface area (Å²) in [4.78, 5) is 24.6. The zero-order valence-corrected chi connectivity index (χ0v) is 14.3. The molecule has 0 aliphatic rings. The highest BCUT2D eigenvalue weighted by Gasteiger charge is 2.11. The second-order valence-corrected chi connectivity index (χ2v) is 5.63. The van der Waals surface area contributed by atoms with Crippen LogP contribution < -0.4 is 5.73 Å². The Hall–Kier alpha value is -2.53. The molecule has 0 bridgehead atoms. The minimum atomic E-state index is -0.294. The van der Waals surface area contributed by atoms with Crippen LogP contribution in [0.1, 0.15) is 40.7 Å². The summed E-state index contributed by atoms with van der Waals surface area (Å²) >= 11 is 6.21. The molecule has 0 fully saturated rings. The van der Waals surface area contributed by atoms with E-state index in [-0.39, 0.29) is 11.5 Å². The number of allylic oxidation sites excluding steroid dienone is 1. The Kier molecular flexibility index (Phi) is 6.21. The van der Waals surface area contributed by atoms with E-state index in [4.69, 9.17) is 17.3 Å². The Labute approximate surface area is 146 Å². The van der Waals surface area contributed by atoms with E-state index in [9.17, 15) is 4.79 Å². The molecule has 0 unspecified atom stereocenters. The number of hydrogen-bond acceptors (Lipinski definition) is 5. The van der Waals surface area contributed by atoms with E-state index in [2.05, 4.69) is 28.5 Å². The molecule has 2 rings (SSSR count). The summed E-state index contributed by atoms with van der Waals surface area (Å²) in [5, 5.41) is 0.646. The first-order valence-electron chi connectivity index (χ1n) is 7.61. The van der Waals surface area contributed by atoms with Crippen molar-refractivity contribution in [2.75, 3.05) is 5.73 Å². The fraction of sp³-hybridized carbons (Fsp3) is 0.222. The van der Waals surface area contributed by atoms with Crippen molar-refractivity contribution < 1.29 is 4.79 Å². The van der Waals surface area contributed by atoms with Gasteiger partial charge in [0.15, 0.2) is 0 Å². The largest absolute Gasteiger partial charge is 0.398 e. The minimum absolute atomic E-state index is 0.239. The second-order valence-electron chi connectivity index (χ2n) is 5.22. The van der Waals surface area contributed by atoms with Crippen LogP contribution in [0.15, 0.2) is 42.2 Å². The molecule has 0 spiro atoms. The standard InChI is InChI=1S/C18H19ClN4O/c1-3-5-16-14(19)8-12(10-23-16)9-21-11-13-15(20)6-7-22-18(13)17(24)4-2/h4,6-8,10-11H,2-3,5,9H2,1H3,(H2,20,22). The lowest BCUT2D eigenvalue weighted by Gasteiger charge is -2.05. The molecule has 0 saturated carbocycles. The number of anilines is 1. The first-order chi connectivity index (χ1) is 11.6. The van der Waals surface area contributed by atoms with Crippen molar-refractivity contribution in [3.05, 3.63) is 64.7 Å². The number of nitrogen functional groups attached to an aromatic ring is 1. The highest BCUT2D eigenvalue weighted by molar-refractivity contribution is 6.31. The predicted octanol–water partition coefficient (Wildman–Crippen LogP) is 3.65. The lowest BCUT2D eigenvalue weighted by atomic mass is 10.1. The summed E-state index contributed by atoms with van der Waals surface area (Å²) in [5.74, 6) is -0.294. The van der Waals surface area contributed by atoms with Crippen molar-refractivity contribution in [1.82, 2.24) is 9.97 Å². The van der Waals surface area contributed by atoms with Gasteiger partial charge < -0.3 is 5.73 Å². The lowest BCUT2D eigenvalue weighted by molar-refractivity contribution is 0.104. The Morgan fingerprint density at radius 2 is 2.25 bits per heavy atom. The van der Waals surface area contributed by atoms with Gasteiger partial charge in [-0.25, -0.2) is 0 Å². The van der Waals surface area contributed by atoms with Gasteiger partial charge in [0.05, 0.1) is 17.3 Å². The van der Waals surface area contributed by atoms with E-state index in [0.717, 1.165) is 24.1 Å². The Morgan fingerprint density at radius 1 is 1.46 bits per heavy atom. The normalized spacial score (nSPS) is 10.9. The van der Waals surface area contributed by atoms with Gasteiger partial charge >= 0.3 is 0 Å². The van der Waals surface area contributed by atoms with Crippen LogP contribution in [0, 0.1) is 0 Å². The molecular formula is C18H19ClN4O. The summed E-state index contributed by atoms with van der Waals surface area (Å²) in [6.07, 6.45) is 7.84. The number of nitrogens with two attached hydrogens (primary N) is 1. The predicted molar refractivity (Wildman–Crippen MR) is 97.7 cm³/mol. The molecule has 5 nitrogen and oxygen atoms in total. The summed E-state index contributed by atoms with van der Waals surface area (Å²) in [6.45, 7) is 5.93. The number of rotatable bonds is 7.